The molecule has 76 valence electrons. The van der Waals surface area contributed by atoms with E-state index in [1.807, 2.05) is 16.7 Å². The van der Waals surface area contributed by atoms with Crippen molar-refractivity contribution in [2.24, 2.45) is 5.92 Å². The van der Waals surface area contributed by atoms with Gasteiger partial charge in [0.25, 0.3) is 0 Å². The Bertz CT molecular complexity index is 172. The summed E-state index contributed by atoms with van der Waals surface area (Å²) in [7, 11) is 0. The van der Waals surface area contributed by atoms with Crippen molar-refractivity contribution in [1.82, 2.24) is 4.90 Å². The molecule has 1 heterocycles. The zero-order valence-electron chi connectivity index (χ0n) is 8.58. The average molecular weight is 201 g/mol. The van der Waals surface area contributed by atoms with Gasteiger partial charge in [-0.05, 0) is 18.1 Å². The molecule has 13 heavy (non-hydrogen) atoms. The molecular weight excluding hydrogens is 182 g/mol. The van der Waals surface area contributed by atoms with Crippen LogP contribution in [0.1, 0.15) is 26.7 Å². The van der Waals surface area contributed by atoms with Gasteiger partial charge in [-0.2, -0.15) is 11.8 Å². The topological polar surface area (TPSA) is 20.3 Å². The minimum Gasteiger partial charge on any atom is -0.342 e. The van der Waals surface area contributed by atoms with Crippen LogP contribution in [-0.4, -0.2) is 35.4 Å². The highest BCUT2D eigenvalue weighted by atomic mass is 32.2. The maximum Gasteiger partial charge on any atom is 0.223 e. The van der Waals surface area contributed by atoms with E-state index in [9.17, 15) is 4.79 Å². The van der Waals surface area contributed by atoms with E-state index in [1.165, 1.54) is 6.42 Å². The van der Waals surface area contributed by atoms with Crippen molar-refractivity contribution in [3.05, 3.63) is 0 Å². The predicted octanol–water partition coefficient (Wildman–Crippen LogP) is 2.00. The number of nitrogens with zero attached hydrogens (tertiary/aromatic N) is 1. The first-order valence-electron chi connectivity index (χ1n) is 5.09. The zero-order valence-corrected chi connectivity index (χ0v) is 9.40. The molecule has 1 atom stereocenters. The van der Waals surface area contributed by atoms with E-state index in [1.54, 1.807) is 0 Å². The minimum absolute atomic E-state index is 0.352. The molecule has 0 aromatic rings. The second kappa shape index (κ2) is 5.53. The number of rotatable bonds is 4. The minimum atomic E-state index is 0.352. The Morgan fingerprint density at radius 3 is 2.92 bits per heavy atom. The van der Waals surface area contributed by atoms with Crippen molar-refractivity contribution in [1.29, 1.82) is 0 Å². The summed E-state index contributed by atoms with van der Waals surface area (Å²) in [6.45, 7) is 6.31. The fraction of sp³-hybridized carbons (Fsp3) is 0.900. The van der Waals surface area contributed by atoms with Gasteiger partial charge in [-0.15, -0.1) is 0 Å². The molecule has 0 radical (unpaired) electrons. The molecule has 0 spiro atoms. The number of amides is 1. The molecule has 0 aromatic heterocycles. The molecule has 0 bridgehead atoms. The van der Waals surface area contributed by atoms with Gasteiger partial charge in [-0.1, -0.05) is 13.8 Å². The zero-order chi connectivity index (χ0) is 9.68. The average Bonchev–Trinajstić information content (AvgIpc) is 2.52. The molecule has 1 rings (SSSR count). The van der Waals surface area contributed by atoms with E-state index in [4.69, 9.17) is 0 Å². The highest BCUT2D eigenvalue weighted by Crippen LogP contribution is 2.16. The van der Waals surface area contributed by atoms with Gasteiger partial charge in [-0.25, -0.2) is 0 Å². The first kappa shape index (κ1) is 10.9. The van der Waals surface area contributed by atoms with E-state index < -0.39 is 0 Å². The number of hydrogen-bond donors (Lipinski definition) is 0. The highest BCUT2D eigenvalue weighted by molar-refractivity contribution is 7.99. The van der Waals surface area contributed by atoms with Gasteiger partial charge in [0.05, 0.1) is 0 Å². The third-order valence-corrected chi connectivity index (χ3v) is 3.34. The summed E-state index contributed by atoms with van der Waals surface area (Å²) in [6, 6.07) is 0. The SMILES string of the molecule is CCSCCC(=O)N1CCC(C)C1. The number of carbonyl (C=O) groups is 1. The van der Waals surface area contributed by atoms with Gasteiger partial charge < -0.3 is 4.90 Å². The van der Waals surface area contributed by atoms with Gasteiger partial charge in [0.1, 0.15) is 0 Å². The summed E-state index contributed by atoms with van der Waals surface area (Å²) >= 11 is 1.85. The van der Waals surface area contributed by atoms with Crippen LogP contribution in [0.25, 0.3) is 0 Å². The van der Waals surface area contributed by atoms with Crippen molar-refractivity contribution in [2.75, 3.05) is 24.6 Å². The Kier molecular flexibility index (Phi) is 4.64. The molecule has 0 N–H and O–H groups in total. The second-order valence-corrected chi connectivity index (χ2v) is 5.07. The summed E-state index contributed by atoms with van der Waals surface area (Å²) < 4.78 is 0. The Morgan fingerprint density at radius 1 is 1.62 bits per heavy atom. The number of carbonyl (C=O) groups excluding carboxylic acids is 1. The molecule has 1 saturated heterocycles. The summed E-state index contributed by atoms with van der Waals surface area (Å²) in [5.74, 6) is 3.16. The maximum atomic E-state index is 11.6. The van der Waals surface area contributed by atoms with Crippen molar-refractivity contribution in [3.63, 3.8) is 0 Å². The monoisotopic (exact) mass is 201 g/mol. The second-order valence-electron chi connectivity index (χ2n) is 3.68. The quantitative estimate of drug-likeness (QED) is 0.648. The van der Waals surface area contributed by atoms with Crippen LogP contribution >= 0.6 is 11.8 Å². The molecule has 1 amide bonds. The van der Waals surface area contributed by atoms with E-state index in [0.717, 1.165) is 31.0 Å². The first-order chi connectivity index (χ1) is 6.24. The highest BCUT2D eigenvalue weighted by Gasteiger charge is 2.22. The van der Waals surface area contributed by atoms with Crippen molar-refractivity contribution in [3.8, 4) is 0 Å². The van der Waals surface area contributed by atoms with Crippen LogP contribution in [0.5, 0.6) is 0 Å². The summed E-state index contributed by atoms with van der Waals surface area (Å²) in [6.07, 6.45) is 1.91. The first-order valence-corrected chi connectivity index (χ1v) is 6.25. The Morgan fingerprint density at radius 2 is 2.38 bits per heavy atom. The van der Waals surface area contributed by atoms with Gasteiger partial charge >= 0.3 is 0 Å². The molecule has 2 nitrogen and oxygen atoms in total. The number of likely N-dealkylation sites (tertiary alicyclic amines) is 1. The van der Waals surface area contributed by atoms with Gasteiger partial charge in [0.15, 0.2) is 0 Å². The normalized spacial score (nSPS) is 22.3. The summed E-state index contributed by atoms with van der Waals surface area (Å²) in [4.78, 5) is 13.6. The molecule has 1 unspecified atom stereocenters. The molecule has 1 fully saturated rings. The lowest BCUT2D eigenvalue weighted by Crippen LogP contribution is -2.28. The molecule has 3 heteroatoms. The number of thioether (sulfide) groups is 1. The van der Waals surface area contributed by atoms with Crippen LogP contribution in [-0.2, 0) is 4.79 Å². The largest absolute Gasteiger partial charge is 0.342 e. The van der Waals surface area contributed by atoms with Crippen LogP contribution in [0.15, 0.2) is 0 Å². The van der Waals surface area contributed by atoms with Crippen LogP contribution in [0.2, 0.25) is 0 Å². The lowest BCUT2D eigenvalue weighted by molar-refractivity contribution is -0.129. The van der Waals surface area contributed by atoms with Crippen LogP contribution in [0.3, 0.4) is 0 Å². The van der Waals surface area contributed by atoms with Crippen LogP contribution in [0.4, 0.5) is 0 Å². The van der Waals surface area contributed by atoms with Crippen molar-refractivity contribution in [2.45, 2.75) is 26.7 Å². The molecule has 0 aromatic carbocycles. The lowest BCUT2D eigenvalue weighted by atomic mass is 10.2. The summed E-state index contributed by atoms with van der Waals surface area (Å²) in [5, 5.41) is 0. The van der Waals surface area contributed by atoms with E-state index in [0.29, 0.717) is 11.8 Å². The van der Waals surface area contributed by atoms with E-state index >= 15 is 0 Å². The van der Waals surface area contributed by atoms with Gasteiger partial charge in [-0.3, -0.25) is 4.79 Å². The standard InChI is InChI=1S/C10H19NOS/c1-3-13-7-5-10(12)11-6-4-9(2)8-11/h9H,3-8H2,1-2H3. The molecule has 0 saturated carbocycles. The molecule has 1 aliphatic rings. The molecule has 0 aliphatic carbocycles. The Balaban J connectivity index is 2.16. The fourth-order valence-corrected chi connectivity index (χ4v) is 2.23. The van der Waals surface area contributed by atoms with Crippen molar-refractivity contribution < 1.29 is 4.79 Å². The third-order valence-electron chi connectivity index (χ3n) is 2.44. The van der Waals surface area contributed by atoms with E-state index in [-0.39, 0.29) is 0 Å². The Labute approximate surface area is 85.1 Å². The maximum absolute atomic E-state index is 11.6. The lowest BCUT2D eigenvalue weighted by Gasteiger charge is -2.15. The molecular formula is C10H19NOS. The van der Waals surface area contributed by atoms with Gasteiger partial charge in [0, 0.05) is 25.3 Å². The van der Waals surface area contributed by atoms with Gasteiger partial charge in [0.2, 0.25) is 5.91 Å². The number of hydrogen-bond acceptors (Lipinski definition) is 2. The predicted molar refractivity (Wildman–Crippen MR) is 58.0 cm³/mol. The summed E-state index contributed by atoms with van der Waals surface area (Å²) in [5.41, 5.74) is 0. The van der Waals surface area contributed by atoms with Crippen LogP contribution < -0.4 is 0 Å². The Hall–Kier alpha value is -0.180. The van der Waals surface area contributed by atoms with Crippen molar-refractivity contribution >= 4 is 17.7 Å². The smallest absolute Gasteiger partial charge is 0.223 e. The van der Waals surface area contributed by atoms with E-state index in [2.05, 4.69) is 13.8 Å². The van der Waals surface area contributed by atoms with Crippen LogP contribution in [0, 0.1) is 5.92 Å². The molecule has 1 aliphatic heterocycles. The third kappa shape index (κ3) is 3.59. The fourth-order valence-electron chi connectivity index (χ4n) is 1.62.